The van der Waals surface area contributed by atoms with E-state index in [-0.39, 0.29) is 12.3 Å². The van der Waals surface area contributed by atoms with E-state index >= 15 is 0 Å². The Bertz CT molecular complexity index is 916. The van der Waals surface area contributed by atoms with Gasteiger partial charge in [0.25, 0.3) is 0 Å². The zero-order chi connectivity index (χ0) is 19.6. The fourth-order valence-corrected chi connectivity index (χ4v) is 4.07. The van der Waals surface area contributed by atoms with Gasteiger partial charge in [0.05, 0.1) is 12.6 Å². The SMILES string of the molecule is NC(=O)C(Cc1ncco1)N1CCC(c2ccccc2)(c2ccccc2)C1=O. The Hall–Kier alpha value is -3.41. The summed E-state index contributed by atoms with van der Waals surface area (Å²) in [6.07, 6.45) is 3.68. The van der Waals surface area contributed by atoms with Crippen molar-refractivity contribution in [1.29, 1.82) is 0 Å². The van der Waals surface area contributed by atoms with Gasteiger partial charge >= 0.3 is 0 Å². The molecule has 0 saturated carbocycles. The second kappa shape index (κ2) is 7.31. The number of hydrogen-bond donors (Lipinski definition) is 1. The van der Waals surface area contributed by atoms with Crippen molar-refractivity contribution in [3.8, 4) is 0 Å². The van der Waals surface area contributed by atoms with Crippen molar-refractivity contribution in [2.75, 3.05) is 6.54 Å². The lowest BCUT2D eigenvalue weighted by Gasteiger charge is -2.31. The maximum absolute atomic E-state index is 13.8. The molecule has 0 aliphatic carbocycles. The smallest absolute Gasteiger partial charge is 0.240 e. The van der Waals surface area contributed by atoms with Gasteiger partial charge in [-0.25, -0.2) is 4.98 Å². The van der Waals surface area contributed by atoms with E-state index in [2.05, 4.69) is 4.98 Å². The number of primary amides is 1. The van der Waals surface area contributed by atoms with Gasteiger partial charge in [0.2, 0.25) is 11.8 Å². The van der Waals surface area contributed by atoms with Gasteiger partial charge in [0, 0.05) is 6.54 Å². The summed E-state index contributed by atoms with van der Waals surface area (Å²) in [5, 5.41) is 0. The fraction of sp³-hybridized carbons (Fsp3) is 0.227. The molecule has 0 spiro atoms. The maximum Gasteiger partial charge on any atom is 0.240 e. The Morgan fingerprint density at radius 1 is 1.11 bits per heavy atom. The molecule has 1 aromatic heterocycles. The first kappa shape index (κ1) is 18.0. The Morgan fingerprint density at radius 2 is 1.71 bits per heavy atom. The van der Waals surface area contributed by atoms with Crippen LogP contribution in [0.4, 0.5) is 0 Å². The van der Waals surface area contributed by atoms with Crippen LogP contribution in [0, 0.1) is 0 Å². The topological polar surface area (TPSA) is 89.4 Å². The first-order valence-electron chi connectivity index (χ1n) is 9.23. The fourth-order valence-electron chi connectivity index (χ4n) is 4.07. The number of nitrogens with zero attached hydrogens (tertiary/aromatic N) is 2. The number of carbonyl (C=O) groups excluding carboxylic acids is 2. The summed E-state index contributed by atoms with van der Waals surface area (Å²) in [6, 6.07) is 18.6. The second-order valence-corrected chi connectivity index (χ2v) is 6.93. The minimum absolute atomic E-state index is 0.125. The van der Waals surface area contributed by atoms with Crippen molar-refractivity contribution < 1.29 is 14.0 Å². The quantitative estimate of drug-likeness (QED) is 0.716. The number of aromatic nitrogens is 1. The van der Waals surface area contributed by atoms with Crippen LogP contribution >= 0.6 is 0 Å². The molecule has 1 aliphatic rings. The zero-order valence-electron chi connectivity index (χ0n) is 15.3. The number of oxazole rings is 1. The van der Waals surface area contributed by atoms with E-state index in [4.69, 9.17) is 10.2 Å². The lowest BCUT2D eigenvalue weighted by atomic mass is 9.73. The van der Waals surface area contributed by atoms with Gasteiger partial charge in [0.15, 0.2) is 5.89 Å². The standard InChI is InChI=1S/C22H21N3O3/c23-20(26)18(15-19-24-12-14-28-19)25-13-11-22(21(25)27,16-7-3-1-4-8-16)17-9-5-2-6-10-17/h1-10,12,14,18H,11,13,15H2,(H2,23,26). The van der Waals surface area contributed by atoms with Gasteiger partial charge in [-0.1, -0.05) is 60.7 Å². The molecule has 2 aromatic carbocycles. The predicted octanol–water partition coefficient (Wildman–Crippen LogP) is 2.29. The van der Waals surface area contributed by atoms with Crippen LogP contribution < -0.4 is 5.73 Å². The van der Waals surface area contributed by atoms with Crippen molar-refractivity contribution in [1.82, 2.24) is 9.88 Å². The van der Waals surface area contributed by atoms with Crippen LogP contribution in [0.1, 0.15) is 23.4 Å². The summed E-state index contributed by atoms with van der Waals surface area (Å²) < 4.78 is 5.27. The maximum atomic E-state index is 13.8. The highest BCUT2D eigenvalue weighted by Gasteiger charge is 2.51. The van der Waals surface area contributed by atoms with Crippen LogP contribution in [0.2, 0.25) is 0 Å². The number of carbonyl (C=O) groups is 2. The Labute approximate surface area is 163 Å². The van der Waals surface area contributed by atoms with Crippen molar-refractivity contribution >= 4 is 11.8 Å². The third-order valence-corrected chi connectivity index (χ3v) is 5.44. The Balaban J connectivity index is 1.76. The lowest BCUT2D eigenvalue weighted by Crippen LogP contribution is -2.50. The average Bonchev–Trinajstić information content (AvgIpc) is 3.36. The summed E-state index contributed by atoms with van der Waals surface area (Å²) in [5.74, 6) is -0.308. The molecule has 142 valence electrons. The molecular formula is C22H21N3O3. The van der Waals surface area contributed by atoms with Crippen LogP contribution in [0.3, 0.4) is 0 Å². The zero-order valence-corrected chi connectivity index (χ0v) is 15.3. The van der Waals surface area contributed by atoms with Crippen molar-refractivity contribution in [3.05, 3.63) is 90.1 Å². The minimum Gasteiger partial charge on any atom is -0.449 e. The molecule has 6 heteroatoms. The Morgan fingerprint density at radius 3 is 2.21 bits per heavy atom. The average molecular weight is 375 g/mol. The van der Waals surface area contributed by atoms with Gasteiger partial charge in [0.1, 0.15) is 17.7 Å². The van der Waals surface area contributed by atoms with E-state index in [1.165, 1.54) is 12.5 Å². The predicted molar refractivity (Wildman–Crippen MR) is 103 cm³/mol. The number of benzene rings is 2. The Kier molecular flexibility index (Phi) is 4.69. The third-order valence-electron chi connectivity index (χ3n) is 5.44. The normalized spacial score (nSPS) is 16.9. The molecule has 1 aliphatic heterocycles. The molecule has 6 nitrogen and oxygen atoms in total. The van der Waals surface area contributed by atoms with Gasteiger partial charge in [-0.05, 0) is 17.5 Å². The summed E-state index contributed by atoms with van der Waals surface area (Å²) in [4.78, 5) is 31.6. The number of likely N-dealkylation sites (tertiary alicyclic amines) is 1. The number of hydrogen-bond acceptors (Lipinski definition) is 4. The molecule has 2 amide bonds. The molecule has 2 N–H and O–H groups in total. The van der Waals surface area contributed by atoms with E-state index in [0.717, 1.165) is 11.1 Å². The van der Waals surface area contributed by atoms with Crippen LogP contribution in [0.15, 0.2) is 77.5 Å². The molecule has 2 heterocycles. The molecule has 1 unspecified atom stereocenters. The van der Waals surface area contributed by atoms with Crippen LogP contribution in [-0.2, 0) is 21.4 Å². The molecule has 0 radical (unpaired) electrons. The van der Waals surface area contributed by atoms with E-state index in [1.807, 2.05) is 60.7 Å². The summed E-state index contributed by atoms with van der Waals surface area (Å²) in [5.41, 5.74) is 6.64. The van der Waals surface area contributed by atoms with Crippen molar-refractivity contribution in [2.24, 2.45) is 5.73 Å². The summed E-state index contributed by atoms with van der Waals surface area (Å²) in [6.45, 7) is 0.428. The molecule has 0 bridgehead atoms. The third kappa shape index (κ3) is 2.97. The van der Waals surface area contributed by atoms with Crippen molar-refractivity contribution in [2.45, 2.75) is 24.3 Å². The van der Waals surface area contributed by atoms with Crippen LogP contribution in [-0.4, -0.2) is 34.3 Å². The molecule has 4 rings (SSSR count). The monoisotopic (exact) mass is 375 g/mol. The van der Waals surface area contributed by atoms with Gasteiger partial charge in [-0.3, -0.25) is 9.59 Å². The van der Waals surface area contributed by atoms with E-state index < -0.39 is 17.4 Å². The summed E-state index contributed by atoms with van der Waals surface area (Å²) in [7, 11) is 0. The highest BCUT2D eigenvalue weighted by Crippen LogP contribution is 2.42. The van der Waals surface area contributed by atoms with E-state index in [1.54, 1.807) is 4.90 Å². The van der Waals surface area contributed by atoms with E-state index in [9.17, 15) is 9.59 Å². The molecule has 1 saturated heterocycles. The van der Waals surface area contributed by atoms with E-state index in [0.29, 0.717) is 18.9 Å². The highest BCUT2D eigenvalue weighted by molar-refractivity contribution is 5.97. The number of nitrogens with two attached hydrogens (primary N) is 1. The number of amides is 2. The van der Waals surface area contributed by atoms with Gasteiger partial charge in [-0.15, -0.1) is 0 Å². The second-order valence-electron chi connectivity index (χ2n) is 6.93. The number of rotatable bonds is 6. The van der Waals surface area contributed by atoms with Crippen LogP contribution in [0.25, 0.3) is 0 Å². The first-order valence-corrected chi connectivity index (χ1v) is 9.23. The molecule has 1 fully saturated rings. The first-order chi connectivity index (χ1) is 13.6. The van der Waals surface area contributed by atoms with Crippen molar-refractivity contribution in [3.63, 3.8) is 0 Å². The van der Waals surface area contributed by atoms with Gasteiger partial charge < -0.3 is 15.1 Å². The summed E-state index contributed by atoms with van der Waals surface area (Å²) >= 11 is 0. The lowest BCUT2D eigenvalue weighted by molar-refractivity contribution is -0.138. The molecule has 1 atom stereocenters. The minimum atomic E-state index is -0.840. The highest BCUT2D eigenvalue weighted by atomic mass is 16.3. The largest absolute Gasteiger partial charge is 0.449 e. The molecule has 3 aromatic rings. The van der Waals surface area contributed by atoms with Gasteiger partial charge in [-0.2, -0.15) is 0 Å². The van der Waals surface area contributed by atoms with Crippen LogP contribution in [0.5, 0.6) is 0 Å². The molecular weight excluding hydrogens is 354 g/mol. The molecule has 28 heavy (non-hydrogen) atoms.